The average Bonchev–Trinajstić information content (AvgIpc) is 2.39. The molecule has 2 rings (SSSR count). The Morgan fingerprint density at radius 1 is 1.50 bits per heavy atom. The Bertz CT molecular complexity index is 144. The summed E-state index contributed by atoms with van der Waals surface area (Å²) in [6.45, 7) is 2.36. The summed E-state index contributed by atoms with van der Waals surface area (Å²) in [7, 11) is 0. The van der Waals surface area contributed by atoms with Crippen LogP contribution in [0.2, 0.25) is 0 Å². The molecule has 0 saturated heterocycles. The van der Waals surface area contributed by atoms with Crippen LogP contribution in [0.3, 0.4) is 0 Å². The van der Waals surface area contributed by atoms with E-state index in [1.807, 2.05) is 0 Å². The Balaban J connectivity index is 2.10. The van der Waals surface area contributed by atoms with E-state index in [1.165, 1.54) is 25.7 Å². The van der Waals surface area contributed by atoms with Crippen molar-refractivity contribution in [3.8, 4) is 0 Å². The van der Waals surface area contributed by atoms with Gasteiger partial charge in [-0.2, -0.15) is 0 Å². The van der Waals surface area contributed by atoms with Gasteiger partial charge in [-0.1, -0.05) is 25.0 Å². The Kier molecular flexibility index (Phi) is 0.677. The molecule has 8 heavy (non-hydrogen) atoms. The summed E-state index contributed by atoms with van der Waals surface area (Å²) in [4.78, 5) is 0. The van der Waals surface area contributed by atoms with Crippen LogP contribution in [0.4, 0.5) is 0 Å². The molecule has 2 aliphatic carbocycles. The van der Waals surface area contributed by atoms with Gasteiger partial charge >= 0.3 is 0 Å². The van der Waals surface area contributed by atoms with Gasteiger partial charge in [0.15, 0.2) is 0 Å². The molecule has 0 bridgehead atoms. The second-order valence-corrected chi connectivity index (χ2v) is 3.29. The summed E-state index contributed by atoms with van der Waals surface area (Å²) < 4.78 is 0. The first-order valence-corrected chi connectivity index (χ1v) is 3.53. The fourth-order valence-electron chi connectivity index (χ4n) is 1.75. The van der Waals surface area contributed by atoms with Crippen molar-refractivity contribution in [2.24, 2.45) is 5.41 Å². The van der Waals surface area contributed by atoms with E-state index in [0.717, 1.165) is 0 Å². The fraction of sp³-hybridized carbons (Fsp3) is 0.750. The van der Waals surface area contributed by atoms with E-state index >= 15 is 0 Å². The summed E-state index contributed by atoms with van der Waals surface area (Å²) in [6.07, 6.45) is 8.18. The monoisotopic (exact) mass is 108 g/mol. The van der Waals surface area contributed by atoms with Crippen molar-refractivity contribution in [2.45, 2.75) is 32.6 Å². The van der Waals surface area contributed by atoms with Crippen LogP contribution in [-0.2, 0) is 0 Å². The van der Waals surface area contributed by atoms with Gasteiger partial charge in [-0.3, -0.25) is 0 Å². The molecule has 1 saturated carbocycles. The van der Waals surface area contributed by atoms with Crippen molar-refractivity contribution in [2.75, 3.05) is 0 Å². The number of allylic oxidation sites excluding steroid dienone is 2. The number of hydrogen-bond donors (Lipinski definition) is 0. The standard InChI is InChI=1S/C8H12/c1-8-5-3-2-4-7(8)6-8/h6H,2-5H2,1H3. The molecule has 44 valence electrons. The summed E-state index contributed by atoms with van der Waals surface area (Å²) >= 11 is 0. The van der Waals surface area contributed by atoms with E-state index in [9.17, 15) is 0 Å². The van der Waals surface area contributed by atoms with E-state index in [4.69, 9.17) is 0 Å². The minimum Gasteiger partial charge on any atom is -0.0745 e. The molecule has 0 N–H and O–H groups in total. The lowest BCUT2D eigenvalue weighted by Gasteiger charge is -2.16. The lowest BCUT2D eigenvalue weighted by molar-refractivity contribution is 0.458. The molecule has 0 radical (unpaired) electrons. The zero-order chi connectivity index (χ0) is 5.61. The molecule has 0 aromatic rings. The van der Waals surface area contributed by atoms with Crippen molar-refractivity contribution in [1.29, 1.82) is 0 Å². The van der Waals surface area contributed by atoms with E-state index < -0.39 is 0 Å². The molecule has 0 spiro atoms. The molecular weight excluding hydrogens is 96.1 g/mol. The van der Waals surface area contributed by atoms with Crippen molar-refractivity contribution in [3.63, 3.8) is 0 Å². The normalized spacial score (nSPS) is 42.9. The van der Waals surface area contributed by atoms with Gasteiger partial charge in [0.1, 0.15) is 0 Å². The highest BCUT2D eigenvalue weighted by Crippen LogP contribution is 2.53. The summed E-state index contributed by atoms with van der Waals surface area (Å²) in [5, 5.41) is 0. The smallest absolute Gasteiger partial charge is 0.00657 e. The first-order valence-electron chi connectivity index (χ1n) is 3.53. The minimum atomic E-state index is 0.637. The third-order valence-electron chi connectivity index (χ3n) is 2.54. The first kappa shape index (κ1) is 4.60. The van der Waals surface area contributed by atoms with Gasteiger partial charge in [0.25, 0.3) is 0 Å². The topological polar surface area (TPSA) is 0 Å². The quantitative estimate of drug-likeness (QED) is 0.418. The number of hydrogen-bond acceptors (Lipinski definition) is 0. The van der Waals surface area contributed by atoms with Crippen LogP contribution in [0.15, 0.2) is 11.6 Å². The maximum Gasteiger partial charge on any atom is 0.00657 e. The van der Waals surface area contributed by atoms with Crippen LogP contribution in [0.25, 0.3) is 0 Å². The predicted molar refractivity (Wildman–Crippen MR) is 34.7 cm³/mol. The third kappa shape index (κ3) is 0.460. The molecule has 0 heterocycles. The second-order valence-electron chi connectivity index (χ2n) is 3.29. The minimum absolute atomic E-state index is 0.637. The summed E-state index contributed by atoms with van der Waals surface area (Å²) in [6, 6.07) is 0. The van der Waals surface area contributed by atoms with Crippen molar-refractivity contribution in [1.82, 2.24) is 0 Å². The van der Waals surface area contributed by atoms with Crippen molar-refractivity contribution in [3.05, 3.63) is 11.6 Å². The average molecular weight is 108 g/mol. The largest absolute Gasteiger partial charge is 0.0745 e. The molecule has 2 aliphatic rings. The van der Waals surface area contributed by atoms with Crippen LogP contribution < -0.4 is 0 Å². The van der Waals surface area contributed by atoms with E-state index in [1.54, 1.807) is 5.57 Å². The molecule has 0 aromatic heterocycles. The van der Waals surface area contributed by atoms with Gasteiger partial charge < -0.3 is 0 Å². The third-order valence-corrected chi connectivity index (χ3v) is 2.54. The number of rotatable bonds is 0. The van der Waals surface area contributed by atoms with E-state index in [2.05, 4.69) is 13.0 Å². The van der Waals surface area contributed by atoms with Crippen LogP contribution >= 0.6 is 0 Å². The lowest BCUT2D eigenvalue weighted by atomic mass is 9.88. The van der Waals surface area contributed by atoms with Crippen molar-refractivity contribution < 1.29 is 0 Å². The highest BCUT2D eigenvalue weighted by Gasteiger charge is 2.39. The number of fused-ring (bicyclic) bond motifs is 1. The van der Waals surface area contributed by atoms with Crippen LogP contribution in [0.5, 0.6) is 0 Å². The molecule has 0 amide bonds. The molecule has 0 nitrogen and oxygen atoms in total. The van der Waals surface area contributed by atoms with Crippen molar-refractivity contribution >= 4 is 0 Å². The zero-order valence-electron chi connectivity index (χ0n) is 5.41. The van der Waals surface area contributed by atoms with E-state index in [0.29, 0.717) is 5.41 Å². The second kappa shape index (κ2) is 1.18. The van der Waals surface area contributed by atoms with Crippen LogP contribution in [0.1, 0.15) is 32.6 Å². The maximum absolute atomic E-state index is 2.44. The predicted octanol–water partition coefficient (Wildman–Crippen LogP) is 2.51. The molecule has 0 aliphatic heterocycles. The maximum atomic E-state index is 2.44. The lowest BCUT2D eigenvalue weighted by Crippen LogP contribution is -2.03. The summed E-state index contributed by atoms with van der Waals surface area (Å²) in [5.74, 6) is 0. The SMILES string of the molecule is CC12C=C1CCCC2. The van der Waals surface area contributed by atoms with Gasteiger partial charge in [-0.15, -0.1) is 0 Å². The highest BCUT2D eigenvalue weighted by molar-refractivity contribution is 5.38. The van der Waals surface area contributed by atoms with Gasteiger partial charge in [0.05, 0.1) is 0 Å². The van der Waals surface area contributed by atoms with E-state index in [-0.39, 0.29) is 0 Å². The molecule has 1 fully saturated rings. The Labute approximate surface area is 50.6 Å². The first-order chi connectivity index (χ1) is 3.81. The molecule has 1 unspecified atom stereocenters. The van der Waals surface area contributed by atoms with Gasteiger partial charge in [0.2, 0.25) is 0 Å². The molecular formula is C8H12. The Morgan fingerprint density at radius 3 is 2.88 bits per heavy atom. The molecule has 0 heteroatoms. The molecule has 0 aromatic carbocycles. The fourth-order valence-corrected chi connectivity index (χ4v) is 1.75. The molecule has 1 atom stereocenters. The van der Waals surface area contributed by atoms with Crippen LogP contribution in [-0.4, -0.2) is 0 Å². The van der Waals surface area contributed by atoms with Gasteiger partial charge in [-0.05, 0) is 19.3 Å². The van der Waals surface area contributed by atoms with Crippen LogP contribution in [0, 0.1) is 5.41 Å². The van der Waals surface area contributed by atoms with Gasteiger partial charge in [-0.25, -0.2) is 0 Å². The Hall–Kier alpha value is -0.260. The highest BCUT2D eigenvalue weighted by atomic mass is 14.4. The summed E-state index contributed by atoms with van der Waals surface area (Å²) in [5.41, 5.74) is 2.38. The van der Waals surface area contributed by atoms with Gasteiger partial charge in [0, 0.05) is 5.41 Å². The zero-order valence-corrected chi connectivity index (χ0v) is 5.41. The Morgan fingerprint density at radius 2 is 2.38 bits per heavy atom.